The van der Waals surface area contributed by atoms with Gasteiger partial charge in [0.05, 0.1) is 24.4 Å². The molecule has 1 saturated heterocycles. The van der Waals surface area contributed by atoms with Gasteiger partial charge in [-0.15, -0.1) is 0 Å². The van der Waals surface area contributed by atoms with E-state index in [0.717, 1.165) is 0 Å². The number of nitrogens with one attached hydrogen (secondary N) is 1. The van der Waals surface area contributed by atoms with Gasteiger partial charge < -0.3 is 4.74 Å². The van der Waals surface area contributed by atoms with Crippen LogP contribution in [0.15, 0.2) is 18.2 Å². The van der Waals surface area contributed by atoms with Crippen LogP contribution in [-0.2, 0) is 9.59 Å². The normalized spacial score (nSPS) is 14.4. The van der Waals surface area contributed by atoms with Gasteiger partial charge in [0.25, 0.3) is 0 Å². The average Bonchev–Trinajstić information content (AvgIpc) is 2.62. The third-order valence-corrected chi connectivity index (χ3v) is 2.37. The van der Waals surface area contributed by atoms with Gasteiger partial charge in [-0.3, -0.25) is 14.9 Å². The van der Waals surface area contributed by atoms with E-state index in [1.807, 2.05) is 11.4 Å². The molecular weight excluding hydrogens is 238 g/mol. The highest BCUT2D eigenvalue weighted by Gasteiger charge is 2.39. The molecule has 0 aromatic heterocycles. The Morgan fingerprint density at radius 2 is 2.06 bits per heavy atom. The zero-order valence-corrected chi connectivity index (χ0v) is 9.26. The highest BCUT2D eigenvalue weighted by atomic mass is 16.5. The number of amides is 4. The molecule has 7 heteroatoms. The number of ether oxygens (including phenoxy) is 1. The molecule has 1 aliphatic rings. The summed E-state index contributed by atoms with van der Waals surface area (Å²) >= 11 is 0. The molecule has 0 radical (unpaired) electrons. The molecule has 2 rings (SSSR count). The minimum Gasteiger partial charge on any atom is -0.495 e. The Morgan fingerprint density at radius 3 is 2.56 bits per heavy atom. The average molecular weight is 245 g/mol. The summed E-state index contributed by atoms with van der Waals surface area (Å²) in [5.41, 5.74) is 0.429. The summed E-state index contributed by atoms with van der Waals surface area (Å²) in [5, 5.41) is 10.6. The maximum atomic E-state index is 11.5. The van der Waals surface area contributed by atoms with E-state index in [1.165, 1.54) is 25.3 Å². The van der Waals surface area contributed by atoms with E-state index in [4.69, 9.17) is 10.00 Å². The Balaban J connectivity index is 2.52. The van der Waals surface area contributed by atoms with Gasteiger partial charge in [-0.2, -0.15) is 5.26 Å². The van der Waals surface area contributed by atoms with Crippen LogP contribution in [0.2, 0.25) is 0 Å². The summed E-state index contributed by atoms with van der Waals surface area (Å²) in [5.74, 6) is -1.82. The number of hydrogen-bond acceptors (Lipinski definition) is 5. The van der Waals surface area contributed by atoms with Gasteiger partial charge in [-0.05, 0) is 12.1 Å². The van der Waals surface area contributed by atoms with Gasteiger partial charge in [-0.25, -0.2) is 9.69 Å². The van der Waals surface area contributed by atoms with Crippen molar-refractivity contribution in [1.29, 1.82) is 5.26 Å². The lowest BCUT2D eigenvalue weighted by molar-refractivity contribution is -0.134. The van der Waals surface area contributed by atoms with Gasteiger partial charge in [0, 0.05) is 6.07 Å². The second-order valence-electron chi connectivity index (χ2n) is 3.40. The predicted molar refractivity (Wildman–Crippen MR) is 58.7 cm³/mol. The molecule has 0 aliphatic carbocycles. The van der Waals surface area contributed by atoms with Crippen LogP contribution in [0.25, 0.3) is 0 Å². The highest BCUT2D eigenvalue weighted by molar-refractivity contribution is 6.53. The number of carbonyl (C=O) groups excluding carboxylic acids is 3. The predicted octanol–water partition coefficient (Wildman–Crippen LogP) is 0.150. The second kappa shape index (κ2) is 4.18. The van der Waals surface area contributed by atoms with E-state index in [0.29, 0.717) is 10.5 Å². The van der Waals surface area contributed by atoms with Crippen LogP contribution in [0.5, 0.6) is 5.75 Å². The van der Waals surface area contributed by atoms with Crippen LogP contribution in [0, 0.1) is 11.3 Å². The Hall–Kier alpha value is -2.88. The first kappa shape index (κ1) is 11.6. The molecule has 0 unspecified atom stereocenters. The number of nitrogens with zero attached hydrogens (tertiary/aromatic N) is 2. The zero-order chi connectivity index (χ0) is 13.3. The van der Waals surface area contributed by atoms with Gasteiger partial charge >= 0.3 is 17.8 Å². The smallest absolute Gasteiger partial charge is 0.336 e. The van der Waals surface area contributed by atoms with E-state index in [2.05, 4.69) is 0 Å². The van der Waals surface area contributed by atoms with E-state index in [-0.39, 0.29) is 11.4 Å². The maximum Gasteiger partial charge on any atom is 0.336 e. The number of anilines is 1. The molecule has 4 amide bonds. The molecule has 18 heavy (non-hydrogen) atoms. The third-order valence-electron chi connectivity index (χ3n) is 2.37. The fourth-order valence-electron chi connectivity index (χ4n) is 1.55. The van der Waals surface area contributed by atoms with E-state index in [9.17, 15) is 14.4 Å². The van der Waals surface area contributed by atoms with Crippen LogP contribution in [0.4, 0.5) is 10.5 Å². The van der Waals surface area contributed by atoms with Crippen molar-refractivity contribution in [1.82, 2.24) is 5.32 Å². The van der Waals surface area contributed by atoms with Crippen LogP contribution in [0.3, 0.4) is 0 Å². The molecule has 0 bridgehead atoms. The standard InChI is InChI=1S/C11H7N3O4/c1-18-8-4-6(5-12)2-3-7(8)14-10(16)9(15)13-11(14)17/h2-4H,1H3,(H,13,15,17). The Labute approximate surface area is 102 Å². The summed E-state index contributed by atoms with van der Waals surface area (Å²) in [7, 11) is 1.33. The Bertz CT molecular complexity index is 603. The number of rotatable bonds is 2. The molecule has 0 spiro atoms. The fraction of sp³-hybridized carbons (Fsp3) is 0.0909. The molecule has 1 aromatic rings. The summed E-state index contributed by atoms with van der Waals surface area (Å²) in [6.45, 7) is 0. The molecule has 0 saturated carbocycles. The first-order chi connectivity index (χ1) is 8.58. The molecule has 1 heterocycles. The fourth-order valence-corrected chi connectivity index (χ4v) is 1.55. The van der Waals surface area contributed by atoms with Gasteiger partial charge in [0.1, 0.15) is 5.75 Å². The topological polar surface area (TPSA) is 99.5 Å². The van der Waals surface area contributed by atoms with Crippen molar-refractivity contribution in [2.45, 2.75) is 0 Å². The lowest BCUT2D eigenvalue weighted by Crippen LogP contribution is -2.31. The van der Waals surface area contributed by atoms with Crippen LogP contribution in [0.1, 0.15) is 5.56 Å². The van der Waals surface area contributed by atoms with Crippen molar-refractivity contribution in [2.24, 2.45) is 0 Å². The van der Waals surface area contributed by atoms with Crippen molar-refractivity contribution in [3.8, 4) is 11.8 Å². The summed E-state index contributed by atoms with van der Waals surface area (Å²) < 4.78 is 5.00. The number of urea groups is 1. The minimum atomic E-state index is -0.994. The molecule has 90 valence electrons. The van der Waals surface area contributed by atoms with E-state index < -0.39 is 17.8 Å². The van der Waals surface area contributed by atoms with Gasteiger partial charge in [0.2, 0.25) is 0 Å². The lowest BCUT2D eigenvalue weighted by Gasteiger charge is -2.15. The van der Waals surface area contributed by atoms with Gasteiger partial charge in [0.15, 0.2) is 0 Å². The monoisotopic (exact) mass is 245 g/mol. The molecule has 1 N–H and O–H groups in total. The number of carbonyl (C=O) groups is 3. The van der Waals surface area contributed by atoms with Crippen LogP contribution in [-0.4, -0.2) is 25.0 Å². The first-order valence-electron chi connectivity index (χ1n) is 4.86. The molecule has 1 aliphatic heterocycles. The van der Waals surface area contributed by atoms with Crippen molar-refractivity contribution >= 4 is 23.5 Å². The minimum absolute atomic E-state index is 0.116. The molecular formula is C11H7N3O4. The van der Waals surface area contributed by atoms with Crippen LogP contribution >= 0.6 is 0 Å². The molecule has 0 atom stereocenters. The number of benzene rings is 1. The highest BCUT2D eigenvalue weighted by Crippen LogP contribution is 2.30. The SMILES string of the molecule is COc1cc(C#N)ccc1N1C(=O)NC(=O)C1=O. The largest absolute Gasteiger partial charge is 0.495 e. The number of hydrogen-bond donors (Lipinski definition) is 1. The Morgan fingerprint density at radius 1 is 1.33 bits per heavy atom. The van der Waals surface area contributed by atoms with E-state index >= 15 is 0 Å². The van der Waals surface area contributed by atoms with Gasteiger partial charge in [-0.1, -0.05) is 0 Å². The van der Waals surface area contributed by atoms with Crippen molar-refractivity contribution in [3.05, 3.63) is 23.8 Å². The summed E-state index contributed by atoms with van der Waals surface area (Å²) in [6.07, 6.45) is 0. The van der Waals surface area contributed by atoms with Crippen LogP contribution < -0.4 is 15.0 Å². The number of nitriles is 1. The third kappa shape index (κ3) is 1.66. The molecule has 7 nitrogen and oxygen atoms in total. The summed E-state index contributed by atoms with van der Waals surface area (Å²) in [4.78, 5) is 34.7. The zero-order valence-electron chi connectivity index (χ0n) is 9.26. The Kier molecular flexibility index (Phi) is 2.69. The molecule has 1 fully saturated rings. The lowest BCUT2D eigenvalue weighted by atomic mass is 10.2. The van der Waals surface area contributed by atoms with E-state index in [1.54, 1.807) is 0 Å². The van der Waals surface area contributed by atoms with Crippen molar-refractivity contribution < 1.29 is 19.1 Å². The van der Waals surface area contributed by atoms with Crippen molar-refractivity contribution in [2.75, 3.05) is 12.0 Å². The molecule has 1 aromatic carbocycles. The number of methoxy groups -OCH3 is 1. The second-order valence-corrected chi connectivity index (χ2v) is 3.40. The first-order valence-corrected chi connectivity index (χ1v) is 4.86. The maximum absolute atomic E-state index is 11.5. The number of imide groups is 2. The summed E-state index contributed by atoms with van der Waals surface area (Å²) in [6, 6.07) is 5.22. The quantitative estimate of drug-likeness (QED) is 0.590. The van der Waals surface area contributed by atoms with Crippen molar-refractivity contribution in [3.63, 3.8) is 0 Å².